The van der Waals surface area contributed by atoms with Crippen LogP contribution < -0.4 is 5.32 Å². The van der Waals surface area contributed by atoms with Crippen LogP contribution in [0, 0.1) is 18.3 Å². The predicted octanol–water partition coefficient (Wildman–Crippen LogP) is 3.21. The number of nitrogens with zero attached hydrogens (tertiary/aromatic N) is 1. The zero-order valence-electron chi connectivity index (χ0n) is 12.8. The lowest BCUT2D eigenvalue weighted by Gasteiger charge is -2.06. The molecule has 3 aromatic rings. The molecule has 2 N–H and O–H groups in total. The highest BCUT2D eigenvalue weighted by Crippen LogP contribution is 2.23. The van der Waals surface area contributed by atoms with E-state index in [2.05, 4.69) is 10.3 Å². The van der Waals surface area contributed by atoms with Crippen LogP contribution in [0.1, 0.15) is 21.6 Å². The van der Waals surface area contributed by atoms with Crippen molar-refractivity contribution in [3.63, 3.8) is 0 Å². The summed E-state index contributed by atoms with van der Waals surface area (Å²) in [6, 6.07) is 11.0. The van der Waals surface area contributed by atoms with Gasteiger partial charge in [-0.2, -0.15) is 5.26 Å². The third-order valence-corrected chi connectivity index (χ3v) is 4.30. The van der Waals surface area contributed by atoms with E-state index in [9.17, 15) is 9.59 Å². The molecule has 0 aliphatic heterocycles. The molecule has 0 saturated carbocycles. The van der Waals surface area contributed by atoms with E-state index >= 15 is 0 Å². The average molecular weight is 339 g/mol. The highest BCUT2D eigenvalue weighted by molar-refractivity contribution is 7.14. The van der Waals surface area contributed by atoms with E-state index in [1.54, 1.807) is 18.4 Å². The monoisotopic (exact) mass is 339 g/mol. The smallest absolute Gasteiger partial charge is 0.341 e. The van der Waals surface area contributed by atoms with Crippen molar-refractivity contribution in [2.24, 2.45) is 0 Å². The molecule has 0 atom stereocenters. The van der Waals surface area contributed by atoms with Crippen molar-refractivity contribution in [2.45, 2.75) is 6.92 Å². The number of amides is 1. The highest BCUT2D eigenvalue weighted by Gasteiger charge is 2.18. The number of rotatable bonds is 4. The number of carbonyl (C=O) groups is 2. The number of nitrogens with one attached hydrogen (secondary N) is 2. The number of aromatic amines is 1. The van der Waals surface area contributed by atoms with Crippen molar-refractivity contribution in [1.29, 1.82) is 5.26 Å². The van der Waals surface area contributed by atoms with Crippen LogP contribution >= 0.6 is 11.3 Å². The Hall–Kier alpha value is -3.11. The molecule has 120 valence electrons. The Kier molecular flexibility index (Phi) is 4.31. The standard InChI is InChI=1S/C17H13N3O3S/c1-10-15(12-4-2-3-5-13(12)19-10)17(22)23-9-14(21)20-16-11(8-18)6-7-24-16/h2-7,19H,9H2,1H3,(H,20,21). The van der Waals surface area contributed by atoms with E-state index < -0.39 is 18.5 Å². The molecule has 0 aliphatic carbocycles. The maximum absolute atomic E-state index is 12.3. The van der Waals surface area contributed by atoms with Gasteiger partial charge in [-0.15, -0.1) is 11.3 Å². The van der Waals surface area contributed by atoms with E-state index in [-0.39, 0.29) is 0 Å². The molecule has 0 radical (unpaired) electrons. The number of aryl methyl sites for hydroxylation is 1. The third-order valence-electron chi connectivity index (χ3n) is 3.47. The maximum atomic E-state index is 12.3. The van der Waals surface area contributed by atoms with Crippen molar-refractivity contribution >= 4 is 39.1 Å². The van der Waals surface area contributed by atoms with Gasteiger partial charge in [0.05, 0.1) is 11.1 Å². The summed E-state index contributed by atoms with van der Waals surface area (Å²) in [5.74, 6) is -1.05. The lowest BCUT2D eigenvalue weighted by Crippen LogP contribution is -2.21. The first-order valence-corrected chi connectivity index (χ1v) is 8.00. The van der Waals surface area contributed by atoms with Gasteiger partial charge in [0.15, 0.2) is 6.61 Å². The number of hydrogen-bond donors (Lipinski definition) is 2. The van der Waals surface area contributed by atoms with Crippen LogP contribution in [0.2, 0.25) is 0 Å². The number of hydrogen-bond acceptors (Lipinski definition) is 5. The van der Waals surface area contributed by atoms with Gasteiger partial charge in [-0.3, -0.25) is 4.79 Å². The van der Waals surface area contributed by atoms with Crippen LogP contribution in [0.3, 0.4) is 0 Å². The molecule has 3 rings (SSSR count). The molecule has 0 saturated heterocycles. The predicted molar refractivity (Wildman–Crippen MR) is 91.0 cm³/mol. The molecule has 0 unspecified atom stereocenters. The summed E-state index contributed by atoms with van der Waals surface area (Å²) in [5.41, 5.74) is 2.33. The van der Waals surface area contributed by atoms with Crippen LogP contribution in [0.4, 0.5) is 5.00 Å². The number of ether oxygens (including phenoxy) is 1. The van der Waals surface area contributed by atoms with E-state index in [4.69, 9.17) is 10.00 Å². The third kappa shape index (κ3) is 3.00. The van der Waals surface area contributed by atoms with Crippen LogP contribution in [0.15, 0.2) is 35.7 Å². The van der Waals surface area contributed by atoms with E-state index in [0.717, 1.165) is 10.9 Å². The molecule has 0 spiro atoms. The Balaban J connectivity index is 1.68. The summed E-state index contributed by atoms with van der Waals surface area (Å²) in [7, 11) is 0. The minimum atomic E-state index is -0.563. The summed E-state index contributed by atoms with van der Waals surface area (Å²) in [6.45, 7) is 1.36. The Morgan fingerprint density at radius 2 is 2.12 bits per heavy atom. The summed E-state index contributed by atoms with van der Waals surface area (Å²) in [6.07, 6.45) is 0. The van der Waals surface area contributed by atoms with Gasteiger partial charge in [0, 0.05) is 16.6 Å². The van der Waals surface area contributed by atoms with Gasteiger partial charge in [-0.05, 0) is 24.4 Å². The van der Waals surface area contributed by atoms with Crippen molar-refractivity contribution in [3.05, 3.63) is 52.5 Å². The van der Waals surface area contributed by atoms with Crippen molar-refractivity contribution in [1.82, 2.24) is 4.98 Å². The summed E-state index contributed by atoms with van der Waals surface area (Å²) in [5, 5.41) is 14.4. The van der Waals surface area contributed by atoms with Gasteiger partial charge in [-0.1, -0.05) is 18.2 Å². The lowest BCUT2D eigenvalue weighted by molar-refractivity contribution is -0.119. The quantitative estimate of drug-likeness (QED) is 0.714. The lowest BCUT2D eigenvalue weighted by atomic mass is 10.1. The SMILES string of the molecule is Cc1[nH]c2ccccc2c1C(=O)OCC(=O)Nc1sccc1C#N. The Bertz CT molecular complexity index is 965. The van der Waals surface area contributed by atoms with Gasteiger partial charge in [0.2, 0.25) is 0 Å². The molecular weight excluding hydrogens is 326 g/mol. The summed E-state index contributed by atoms with van der Waals surface area (Å²) >= 11 is 1.24. The van der Waals surface area contributed by atoms with Gasteiger partial charge >= 0.3 is 5.97 Å². The molecule has 0 aliphatic rings. The van der Waals surface area contributed by atoms with Crippen molar-refractivity contribution < 1.29 is 14.3 Å². The van der Waals surface area contributed by atoms with E-state index in [1.165, 1.54) is 11.3 Å². The second-order valence-electron chi connectivity index (χ2n) is 5.07. The Morgan fingerprint density at radius 3 is 2.92 bits per heavy atom. The van der Waals surface area contributed by atoms with E-state index in [1.807, 2.05) is 30.3 Å². The minimum Gasteiger partial charge on any atom is -0.452 e. The second-order valence-corrected chi connectivity index (χ2v) is 5.99. The number of carbonyl (C=O) groups excluding carboxylic acids is 2. The molecule has 2 heterocycles. The van der Waals surface area contributed by atoms with Crippen molar-refractivity contribution in [3.8, 4) is 6.07 Å². The number of benzene rings is 1. The van der Waals surface area contributed by atoms with E-state index in [0.29, 0.717) is 21.8 Å². The fourth-order valence-electron chi connectivity index (χ4n) is 2.40. The molecule has 24 heavy (non-hydrogen) atoms. The zero-order chi connectivity index (χ0) is 17.1. The first kappa shape index (κ1) is 15.8. The average Bonchev–Trinajstić information content (AvgIpc) is 3.15. The van der Waals surface area contributed by atoms with Crippen LogP contribution in [0.5, 0.6) is 0 Å². The Morgan fingerprint density at radius 1 is 1.33 bits per heavy atom. The number of aromatic nitrogens is 1. The van der Waals surface area contributed by atoms with Crippen LogP contribution in [-0.2, 0) is 9.53 Å². The molecule has 6 nitrogen and oxygen atoms in total. The topological polar surface area (TPSA) is 95.0 Å². The zero-order valence-corrected chi connectivity index (χ0v) is 13.6. The first-order valence-electron chi connectivity index (χ1n) is 7.12. The molecule has 2 aromatic heterocycles. The molecule has 0 bridgehead atoms. The molecule has 7 heteroatoms. The van der Waals surface area contributed by atoms with Crippen molar-refractivity contribution in [2.75, 3.05) is 11.9 Å². The normalized spacial score (nSPS) is 10.3. The van der Waals surface area contributed by atoms with Gasteiger partial charge in [0.25, 0.3) is 5.91 Å². The molecule has 1 aromatic carbocycles. The van der Waals surface area contributed by atoms with Gasteiger partial charge < -0.3 is 15.0 Å². The fourth-order valence-corrected chi connectivity index (χ4v) is 3.15. The number of H-pyrrole nitrogens is 1. The number of anilines is 1. The fraction of sp³-hybridized carbons (Fsp3) is 0.118. The van der Waals surface area contributed by atoms with Gasteiger partial charge in [-0.25, -0.2) is 4.79 Å². The molecular formula is C17H13N3O3S. The van der Waals surface area contributed by atoms with Crippen LogP contribution in [0.25, 0.3) is 10.9 Å². The van der Waals surface area contributed by atoms with Gasteiger partial charge in [0.1, 0.15) is 11.1 Å². The number of thiophene rings is 1. The number of para-hydroxylation sites is 1. The van der Waals surface area contributed by atoms with Crippen LogP contribution in [-0.4, -0.2) is 23.5 Å². The summed E-state index contributed by atoms with van der Waals surface area (Å²) in [4.78, 5) is 27.3. The minimum absolute atomic E-state index is 0.382. The largest absolute Gasteiger partial charge is 0.452 e. The first-order chi connectivity index (χ1) is 11.6. The number of esters is 1. The molecule has 0 fully saturated rings. The number of nitriles is 1. The highest BCUT2D eigenvalue weighted by atomic mass is 32.1. The maximum Gasteiger partial charge on any atom is 0.341 e. The summed E-state index contributed by atoms with van der Waals surface area (Å²) < 4.78 is 5.11. The Labute approximate surface area is 141 Å². The number of fused-ring (bicyclic) bond motifs is 1. The second kappa shape index (κ2) is 6.56. The molecule has 1 amide bonds.